The van der Waals surface area contributed by atoms with Crippen molar-refractivity contribution in [1.29, 1.82) is 0 Å². The SMILES string of the molecule is O=C(O)c1ccnnc1Sc1ccccc1. The van der Waals surface area contributed by atoms with Crippen LogP contribution in [0.5, 0.6) is 0 Å². The zero-order valence-electron chi connectivity index (χ0n) is 8.20. The van der Waals surface area contributed by atoms with Gasteiger partial charge in [-0.1, -0.05) is 30.0 Å². The molecule has 0 aliphatic rings. The van der Waals surface area contributed by atoms with E-state index in [9.17, 15) is 4.79 Å². The topological polar surface area (TPSA) is 63.1 Å². The quantitative estimate of drug-likeness (QED) is 0.879. The molecule has 0 bridgehead atoms. The van der Waals surface area contributed by atoms with Gasteiger partial charge in [0.2, 0.25) is 0 Å². The normalized spacial score (nSPS) is 10.0. The number of benzene rings is 1. The lowest BCUT2D eigenvalue weighted by Crippen LogP contribution is -2.01. The highest BCUT2D eigenvalue weighted by Crippen LogP contribution is 2.27. The van der Waals surface area contributed by atoms with Gasteiger partial charge in [0.15, 0.2) is 0 Å². The van der Waals surface area contributed by atoms with E-state index >= 15 is 0 Å². The van der Waals surface area contributed by atoms with Gasteiger partial charge in [-0.25, -0.2) is 4.79 Å². The van der Waals surface area contributed by atoms with E-state index in [1.54, 1.807) is 0 Å². The molecule has 0 unspecified atom stereocenters. The summed E-state index contributed by atoms with van der Waals surface area (Å²) in [5.41, 5.74) is 0.170. The van der Waals surface area contributed by atoms with E-state index in [1.807, 2.05) is 30.3 Å². The molecule has 0 amide bonds. The Kier molecular flexibility index (Phi) is 3.16. The second kappa shape index (κ2) is 4.76. The summed E-state index contributed by atoms with van der Waals surface area (Å²) in [4.78, 5) is 11.9. The predicted octanol–water partition coefficient (Wildman–Crippen LogP) is 2.33. The van der Waals surface area contributed by atoms with Crippen molar-refractivity contribution >= 4 is 17.7 Å². The minimum Gasteiger partial charge on any atom is -0.478 e. The van der Waals surface area contributed by atoms with Gasteiger partial charge in [-0.3, -0.25) is 0 Å². The number of aromatic carboxylic acids is 1. The Hall–Kier alpha value is -1.88. The fourth-order valence-electron chi connectivity index (χ4n) is 1.16. The summed E-state index contributed by atoms with van der Waals surface area (Å²) in [6.07, 6.45) is 1.37. The molecule has 0 radical (unpaired) electrons. The molecule has 1 heterocycles. The van der Waals surface area contributed by atoms with Gasteiger partial charge in [0, 0.05) is 4.90 Å². The summed E-state index contributed by atoms with van der Waals surface area (Å²) < 4.78 is 0. The van der Waals surface area contributed by atoms with Crippen molar-refractivity contribution in [2.24, 2.45) is 0 Å². The Labute approximate surface area is 96.3 Å². The maximum absolute atomic E-state index is 10.9. The maximum atomic E-state index is 10.9. The molecule has 1 aromatic heterocycles. The van der Waals surface area contributed by atoms with E-state index in [4.69, 9.17) is 5.11 Å². The van der Waals surface area contributed by atoms with Gasteiger partial charge >= 0.3 is 5.97 Å². The van der Waals surface area contributed by atoms with Crippen LogP contribution in [0.2, 0.25) is 0 Å². The molecule has 2 aromatic rings. The van der Waals surface area contributed by atoms with Crippen LogP contribution in [0.4, 0.5) is 0 Å². The first-order valence-corrected chi connectivity index (χ1v) is 5.37. The first-order chi connectivity index (χ1) is 7.77. The van der Waals surface area contributed by atoms with E-state index in [1.165, 1.54) is 24.0 Å². The third kappa shape index (κ3) is 2.38. The maximum Gasteiger partial charge on any atom is 0.338 e. The summed E-state index contributed by atoms with van der Waals surface area (Å²) in [6, 6.07) is 10.9. The summed E-state index contributed by atoms with van der Waals surface area (Å²) >= 11 is 1.29. The van der Waals surface area contributed by atoms with Crippen LogP contribution in [0.25, 0.3) is 0 Å². The van der Waals surface area contributed by atoms with Crippen molar-refractivity contribution in [2.45, 2.75) is 9.92 Å². The standard InChI is InChI=1S/C11H8N2O2S/c14-11(15)9-6-7-12-13-10(9)16-8-4-2-1-3-5-8/h1-7H,(H,14,15). The molecule has 16 heavy (non-hydrogen) atoms. The number of carboxylic acid groups (broad SMARTS) is 1. The molecule has 1 aromatic carbocycles. The smallest absolute Gasteiger partial charge is 0.338 e. The number of rotatable bonds is 3. The van der Waals surface area contributed by atoms with Crippen LogP contribution in [0.3, 0.4) is 0 Å². The molecule has 0 aliphatic heterocycles. The van der Waals surface area contributed by atoms with Crippen LogP contribution in [0.1, 0.15) is 10.4 Å². The van der Waals surface area contributed by atoms with Crippen molar-refractivity contribution in [3.63, 3.8) is 0 Å². The fraction of sp³-hybridized carbons (Fsp3) is 0. The largest absolute Gasteiger partial charge is 0.478 e. The van der Waals surface area contributed by atoms with Crippen molar-refractivity contribution in [1.82, 2.24) is 10.2 Å². The molecular formula is C11H8N2O2S. The minimum atomic E-state index is -0.992. The fourth-order valence-corrected chi connectivity index (χ4v) is 2.03. The Bertz CT molecular complexity index is 502. The number of hydrogen-bond donors (Lipinski definition) is 1. The highest BCUT2D eigenvalue weighted by Gasteiger charge is 2.12. The van der Waals surface area contributed by atoms with E-state index in [-0.39, 0.29) is 5.56 Å². The molecule has 2 rings (SSSR count). The predicted molar refractivity (Wildman–Crippen MR) is 59.6 cm³/mol. The lowest BCUT2D eigenvalue weighted by atomic mass is 10.3. The van der Waals surface area contributed by atoms with Gasteiger partial charge in [-0.15, -0.1) is 5.10 Å². The molecule has 0 fully saturated rings. The molecule has 5 heteroatoms. The van der Waals surface area contributed by atoms with Crippen LogP contribution >= 0.6 is 11.8 Å². The Morgan fingerprint density at radius 3 is 2.62 bits per heavy atom. The van der Waals surface area contributed by atoms with E-state index < -0.39 is 5.97 Å². The van der Waals surface area contributed by atoms with Gasteiger partial charge in [-0.05, 0) is 18.2 Å². The Balaban J connectivity index is 2.31. The third-order valence-electron chi connectivity index (χ3n) is 1.87. The van der Waals surface area contributed by atoms with Gasteiger partial charge in [-0.2, -0.15) is 5.10 Å². The summed E-state index contributed by atoms with van der Waals surface area (Å²) in [5.74, 6) is -0.992. The average Bonchev–Trinajstić information content (AvgIpc) is 2.31. The lowest BCUT2D eigenvalue weighted by Gasteiger charge is -2.02. The Morgan fingerprint density at radius 2 is 1.94 bits per heavy atom. The zero-order valence-corrected chi connectivity index (χ0v) is 9.02. The number of nitrogens with zero attached hydrogens (tertiary/aromatic N) is 2. The van der Waals surface area contributed by atoms with Crippen molar-refractivity contribution in [3.8, 4) is 0 Å². The van der Waals surface area contributed by atoms with Crippen molar-refractivity contribution < 1.29 is 9.90 Å². The van der Waals surface area contributed by atoms with Gasteiger partial charge in [0.25, 0.3) is 0 Å². The summed E-state index contributed by atoms with van der Waals surface area (Å²) in [5, 5.41) is 16.9. The molecule has 4 nitrogen and oxygen atoms in total. The third-order valence-corrected chi connectivity index (χ3v) is 2.88. The number of carbonyl (C=O) groups is 1. The molecule has 0 atom stereocenters. The Morgan fingerprint density at radius 1 is 1.19 bits per heavy atom. The first-order valence-electron chi connectivity index (χ1n) is 4.55. The van der Waals surface area contributed by atoms with Crippen LogP contribution in [-0.4, -0.2) is 21.3 Å². The van der Waals surface area contributed by atoms with Crippen molar-refractivity contribution in [2.75, 3.05) is 0 Å². The summed E-state index contributed by atoms with van der Waals surface area (Å²) in [6.45, 7) is 0. The number of carboxylic acids is 1. The molecule has 0 saturated carbocycles. The number of hydrogen-bond acceptors (Lipinski definition) is 4. The second-order valence-electron chi connectivity index (χ2n) is 2.97. The minimum absolute atomic E-state index is 0.170. The van der Waals surface area contributed by atoms with Crippen molar-refractivity contribution in [3.05, 3.63) is 48.2 Å². The lowest BCUT2D eigenvalue weighted by molar-refractivity contribution is 0.0692. The van der Waals surface area contributed by atoms with E-state index in [2.05, 4.69) is 10.2 Å². The van der Waals surface area contributed by atoms with E-state index in [0.717, 1.165) is 4.90 Å². The highest BCUT2D eigenvalue weighted by atomic mass is 32.2. The monoisotopic (exact) mass is 232 g/mol. The van der Waals surface area contributed by atoms with E-state index in [0.29, 0.717) is 5.03 Å². The molecule has 1 N–H and O–H groups in total. The van der Waals surface area contributed by atoms with Crippen LogP contribution in [0, 0.1) is 0 Å². The van der Waals surface area contributed by atoms with Crippen LogP contribution < -0.4 is 0 Å². The zero-order chi connectivity index (χ0) is 11.4. The first kappa shape index (κ1) is 10.6. The molecule has 0 spiro atoms. The number of aromatic nitrogens is 2. The molecule has 80 valence electrons. The van der Waals surface area contributed by atoms with Gasteiger partial charge < -0.3 is 5.11 Å². The molecule has 0 saturated heterocycles. The highest BCUT2D eigenvalue weighted by molar-refractivity contribution is 7.99. The van der Waals surface area contributed by atoms with Gasteiger partial charge in [0.05, 0.1) is 11.8 Å². The average molecular weight is 232 g/mol. The second-order valence-corrected chi connectivity index (χ2v) is 4.03. The van der Waals surface area contributed by atoms with Crippen LogP contribution in [-0.2, 0) is 0 Å². The van der Waals surface area contributed by atoms with Gasteiger partial charge in [0.1, 0.15) is 5.03 Å². The molecule has 0 aliphatic carbocycles. The van der Waals surface area contributed by atoms with Crippen LogP contribution in [0.15, 0.2) is 52.5 Å². The molecular weight excluding hydrogens is 224 g/mol. The summed E-state index contributed by atoms with van der Waals surface area (Å²) in [7, 11) is 0.